The smallest absolute Gasteiger partial charge is 0.137 e. The van der Waals surface area contributed by atoms with Crippen molar-refractivity contribution in [2.45, 2.75) is 45.6 Å². The van der Waals surface area contributed by atoms with E-state index in [2.05, 4.69) is 35.1 Å². The van der Waals surface area contributed by atoms with E-state index >= 15 is 0 Å². The molecular formula is C15H21BrFN. The lowest BCUT2D eigenvalue weighted by Gasteiger charge is -2.26. The molecule has 0 spiro atoms. The number of halogens is 2. The van der Waals surface area contributed by atoms with Crippen molar-refractivity contribution in [3.8, 4) is 0 Å². The molecule has 0 radical (unpaired) electrons. The Kier molecular flexibility index (Phi) is 4.44. The zero-order valence-corrected chi connectivity index (χ0v) is 12.7. The first-order chi connectivity index (χ1) is 8.50. The molecule has 0 aromatic heterocycles. The highest BCUT2D eigenvalue weighted by Crippen LogP contribution is 2.37. The minimum Gasteiger partial charge on any atom is -0.310 e. The Labute approximate surface area is 117 Å². The van der Waals surface area contributed by atoms with E-state index in [9.17, 15) is 4.39 Å². The summed E-state index contributed by atoms with van der Waals surface area (Å²) in [5, 5.41) is 3.58. The van der Waals surface area contributed by atoms with E-state index in [-0.39, 0.29) is 11.9 Å². The summed E-state index contributed by atoms with van der Waals surface area (Å²) in [6.07, 6.45) is 5.35. The van der Waals surface area contributed by atoms with Gasteiger partial charge in [0.2, 0.25) is 0 Å². The Hall–Kier alpha value is -0.410. The average Bonchev–Trinajstić information content (AvgIpc) is 2.77. The number of hydrogen-bond donors (Lipinski definition) is 1. The Morgan fingerprint density at radius 1 is 1.39 bits per heavy atom. The molecule has 3 heteroatoms. The zero-order chi connectivity index (χ0) is 13.2. The molecule has 1 aromatic carbocycles. The van der Waals surface area contributed by atoms with E-state index in [0.717, 1.165) is 12.1 Å². The van der Waals surface area contributed by atoms with Gasteiger partial charge in [0.05, 0.1) is 4.47 Å². The molecule has 1 fully saturated rings. The van der Waals surface area contributed by atoms with E-state index in [0.29, 0.717) is 9.89 Å². The maximum absolute atomic E-state index is 13.2. The van der Waals surface area contributed by atoms with E-state index < -0.39 is 0 Å². The molecule has 100 valence electrons. The standard InChI is InChI=1S/C15H21BrFN/c1-11(12-5-6-14(17)13(16)9-12)18-10-15(2)7-3-4-8-15/h5-6,9,11,18H,3-4,7-8,10H2,1-2H3. The van der Waals surface area contributed by atoms with Crippen molar-refractivity contribution >= 4 is 15.9 Å². The van der Waals surface area contributed by atoms with Crippen LogP contribution < -0.4 is 5.32 Å². The fourth-order valence-electron chi connectivity index (χ4n) is 2.70. The predicted molar refractivity (Wildman–Crippen MR) is 77.1 cm³/mol. The quantitative estimate of drug-likeness (QED) is 0.840. The van der Waals surface area contributed by atoms with Crippen LogP contribution in [0.2, 0.25) is 0 Å². The summed E-state index contributed by atoms with van der Waals surface area (Å²) < 4.78 is 13.7. The van der Waals surface area contributed by atoms with Gasteiger partial charge in [0.1, 0.15) is 5.82 Å². The van der Waals surface area contributed by atoms with Crippen LogP contribution in [-0.2, 0) is 0 Å². The van der Waals surface area contributed by atoms with Crippen LogP contribution in [0.25, 0.3) is 0 Å². The maximum Gasteiger partial charge on any atom is 0.137 e. The molecule has 1 atom stereocenters. The number of rotatable bonds is 4. The summed E-state index contributed by atoms with van der Waals surface area (Å²) in [7, 11) is 0. The van der Waals surface area contributed by atoms with Gasteiger partial charge in [-0.25, -0.2) is 4.39 Å². The molecule has 0 bridgehead atoms. The zero-order valence-electron chi connectivity index (χ0n) is 11.1. The van der Waals surface area contributed by atoms with Gasteiger partial charge in [0.25, 0.3) is 0 Å². The van der Waals surface area contributed by atoms with Crippen LogP contribution in [-0.4, -0.2) is 6.54 Å². The van der Waals surface area contributed by atoms with Crippen molar-refractivity contribution in [3.63, 3.8) is 0 Å². The van der Waals surface area contributed by atoms with Gasteiger partial charge >= 0.3 is 0 Å². The lowest BCUT2D eigenvalue weighted by Crippen LogP contribution is -2.31. The molecule has 1 N–H and O–H groups in total. The van der Waals surface area contributed by atoms with Gasteiger partial charge in [-0.2, -0.15) is 0 Å². The summed E-state index contributed by atoms with van der Waals surface area (Å²) in [6.45, 7) is 5.54. The predicted octanol–water partition coefficient (Wildman–Crippen LogP) is 4.82. The van der Waals surface area contributed by atoms with Crippen molar-refractivity contribution in [1.82, 2.24) is 5.32 Å². The molecule has 0 aliphatic heterocycles. The number of hydrogen-bond acceptors (Lipinski definition) is 1. The molecule has 0 amide bonds. The Morgan fingerprint density at radius 2 is 2.06 bits per heavy atom. The summed E-state index contributed by atoms with van der Waals surface area (Å²) in [5.41, 5.74) is 1.58. The van der Waals surface area contributed by atoms with Crippen molar-refractivity contribution in [3.05, 3.63) is 34.1 Å². The Morgan fingerprint density at radius 3 is 2.67 bits per heavy atom. The summed E-state index contributed by atoms with van der Waals surface area (Å²) >= 11 is 3.24. The molecule has 1 aliphatic carbocycles. The summed E-state index contributed by atoms with van der Waals surface area (Å²) in [6, 6.07) is 5.51. The van der Waals surface area contributed by atoms with Crippen molar-refractivity contribution < 1.29 is 4.39 Å². The third-order valence-corrected chi connectivity index (χ3v) is 4.70. The fourth-order valence-corrected chi connectivity index (χ4v) is 3.10. The van der Waals surface area contributed by atoms with Crippen LogP contribution in [0.5, 0.6) is 0 Å². The molecule has 1 nitrogen and oxygen atoms in total. The van der Waals surface area contributed by atoms with Crippen molar-refractivity contribution in [1.29, 1.82) is 0 Å². The highest BCUT2D eigenvalue weighted by molar-refractivity contribution is 9.10. The van der Waals surface area contributed by atoms with Gasteiger partial charge in [-0.15, -0.1) is 0 Å². The third kappa shape index (κ3) is 3.33. The number of benzene rings is 1. The minimum absolute atomic E-state index is 0.200. The molecule has 2 rings (SSSR count). The fraction of sp³-hybridized carbons (Fsp3) is 0.600. The monoisotopic (exact) mass is 313 g/mol. The maximum atomic E-state index is 13.2. The van der Waals surface area contributed by atoms with Gasteiger partial charge in [-0.1, -0.05) is 25.8 Å². The second kappa shape index (κ2) is 5.70. The first-order valence-corrected chi connectivity index (χ1v) is 7.48. The molecule has 0 heterocycles. The third-order valence-electron chi connectivity index (χ3n) is 4.09. The van der Waals surface area contributed by atoms with Crippen LogP contribution in [0.15, 0.2) is 22.7 Å². The van der Waals surface area contributed by atoms with Gasteiger partial charge < -0.3 is 5.32 Å². The Balaban J connectivity index is 1.94. The second-order valence-corrected chi connectivity index (χ2v) is 6.65. The van der Waals surface area contributed by atoms with Gasteiger partial charge in [-0.05, 0) is 58.8 Å². The Bertz CT molecular complexity index is 413. The second-order valence-electron chi connectivity index (χ2n) is 5.79. The largest absolute Gasteiger partial charge is 0.310 e. The van der Waals surface area contributed by atoms with Crippen LogP contribution in [0.1, 0.15) is 51.1 Å². The SMILES string of the molecule is CC(NCC1(C)CCCC1)c1ccc(F)c(Br)c1. The number of nitrogens with one attached hydrogen (secondary N) is 1. The molecule has 1 aromatic rings. The van der Waals surface area contributed by atoms with Gasteiger partial charge in [-0.3, -0.25) is 0 Å². The normalized spacial score (nSPS) is 20.0. The van der Waals surface area contributed by atoms with Crippen LogP contribution in [0.4, 0.5) is 4.39 Å². The van der Waals surface area contributed by atoms with Crippen LogP contribution in [0, 0.1) is 11.2 Å². The highest BCUT2D eigenvalue weighted by Gasteiger charge is 2.28. The van der Waals surface area contributed by atoms with Gasteiger partial charge in [0, 0.05) is 12.6 Å². The first kappa shape index (κ1) is 14.0. The molecule has 18 heavy (non-hydrogen) atoms. The average molecular weight is 314 g/mol. The molecular weight excluding hydrogens is 293 g/mol. The van der Waals surface area contributed by atoms with E-state index in [1.54, 1.807) is 0 Å². The molecule has 1 unspecified atom stereocenters. The molecule has 0 saturated heterocycles. The lowest BCUT2D eigenvalue weighted by atomic mass is 9.88. The van der Waals surface area contributed by atoms with E-state index in [1.807, 2.05) is 12.1 Å². The molecule has 1 saturated carbocycles. The van der Waals surface area contributed by atoms with Crippen LogP contribution >= 0.6 is 15.9 Å². The summed E-state index contributed by atoms with van der Waals surface area (Å²) in [4.78, 5) is 0. The minimum atomic E-state index is -0.200. The van der Waals surface area contributed by atoms with Gasteiger partial charge in [0.15, 0.2) is 0 Å². The lowest BCUT2D eigenvalue weighted by molar-refractivity contribution is 0.302. The summed E-state index contributed by atoms with van der Waals surface area (Å²) in [5.74, 6) is -0.200. The highest BCUT2D eigenvalue weighted by atomic mass is 79.9. The van der Waals surface area contributed by atoms with Crippen molar-refractivity contribution in [2.75, 3.05) is 6.54 Å². The topological polar surface area (TPSA) is 12.0 Å². The van der Waals surface area contributed by atoms with E-state index in [1.165, 1.54) is 31.7 Å². The van der Waals surface area contributed by atoms with Crippen LogP contribution in [0.3, 0.4) is 0 Å². The molecule has 1 aliphatic rings. The first-order valence-electron chi connectivity index (χ1n) is 6.68. The van der Waals surface area contributed by atoms with E-state index in [4.69, 9.17) is 0 Å². The van der Waals surface area contributed by atoms with Crippen molar-refractivity contribution in [2.24, 2.45) is 5.41 Å².